The third-order valence-electron chi connectivity index (χ3n) is 4.72. The quantitative estimate of drug-likeness (QED) is 0.674. The molecule has 0 N–H and O–H groups in total. The van der Waals surface area contributed by atoms with Crippen LogP contribution in [0.15, 0.2) is 55.1 Å². The molecule has 0 saturated carbocycles. The Morgan fingerprint density at radius 3 is 2.73 bits per heavy atom. The number of aryl methyl sites for hydroxylation is 2. The zero-order chi connectivity index (χ0) is 15.4. The summed E-state index contributed by atoms with van der Waals surface area (Å²) < 4.78 is 5.25. The largest absolute Gasteiger partial charge is 0.497 e. The molecule has 0 saturated heterocycles. The maximum Gasteiger partial charge on any atom is 0.118 e. The molecule has 1 atom stereocenters. The van der Waals surface area contributed by atoms with Gasteiger partial charge in [-0.3, -0.25) is 0 Å². The fraction of sp³-hybridized carbons (Fsp3) is 0.333. The van der Waals surface area contributed by atoms with Crippen LogP contribution in [-0.2, 0) is 19.3 Å². The summed E-state index contributed by atoms with van der Waals surface area (Å²) in [7, 11) is 1.72. The molecule has 1 heteroatoms. The predicted octanol–water partition coefficient (Wildman–Crippen LogP) is 5.09. The number of benzene rings is 2. The number of hydrogen-bond acceptors (Lipinski definition) is 1. The minimum absolute atomic E-state index is 0.657. The highest BCUT2D eigenvalue weighted by Crippen LogP contribution is 2.38. The van der Waals surface area contributed by atoms with Crippen LogP contribution in [0, 0.1) is 0 Å². The average Bonchev–Trinajstić information content (AvgIpc) is 2.97. The average molecular weight is 292 g/mol. The van der Waals surface area contributed by atoms with E-state index < -0.39 is 0 Å². The summed E-state index contributed by atoms with van der Waals surface area (Å²) in [5.74, 6) is 1.59. The zero-order valence-corrected chi connectivity index (χ0v) is 13.3. The third kappa shape index (κ3) is 3.09. The molecule has 0 heterocycles. The second-order valence-corrected chi connectivity index (χ2v) is 6.11. The van der Waals surface area contributed by atoms with Crippen LogP contribution in [0.5, 0.6) is 5.75 Å². The number of hydrogen-bond donors (Lipinski definition) is 0. The fourth-order valence-corrected chi connectivity index (χ4v) is 3.61. The van der Waals surface area contributed by atoms with Crippen molar-refractivity contribution in [3.63, 3.8) is 0 Å². The molecule has 0 fully saturated rings. The maximum atomic E-state index is 5.25. The monoisotopic (exact) mass is 292 g/mol. The number of ether oxygens (including phenoxy) is 1. The Morgan fingerprint density at radius 1 is 1.18 bits per heavy atom. The van der Waals surface area contributed by atoms with Crippen LogP contribution in [0.25, 0.3) is 0 Å². The number of allylic oxidation sites excluding steroid dienone is 1. The van der Waals surface area contributed by atoms with Gasteiger partial charge >= 0.3 is 0 Å². The van der Waals surface area contributed by atoms with Crippen molar-refractivity contribution in [3.8, 4) is 5.75 Å². The second-order valence-electron chi connectivity index (χ2n) is 6.11. The van der Waals surface area contributed by atoms with Gasteiger partial charge in [0, 0.05) is 0 Å². The van der Waals surface area contributed by atoms with E-state index in [2.05, 4.69) is 49.0 Å². The van der Waals surface area contributed by atoms with Crippen molar-refractivity contribution in [1.29, 1.82) is 0 Å². The van der Waals surface area contributed by atoms with Crippen LogP contribution >= 0.6 is 0 Å². The van der Waals surface area contributed by atoms with Crippen molar-refractivity contribution < 1.29 is 4.74 Å². The van der Waals surface area contributed by atoms with Gasteiger partial charge in [0.2, 0.25) is 0 Å². The lowest BCUT2D eigenvalue weighted by molar-refractivity contribution is 0.414. The van der Waals surface area contributed by atoms with Gasteiger partial charge in [0.05, 0.1) is 7.11 Å². The topological polar surface area (TPSA) is 9.23 Å². The second kappa shape index (κ2) is 6.83. The Kier molecular flexibility index (Phi) is 4.62. The van der Waals surface area contributed by atoms with Gasteiger partial charge in [-0.05, 0) is 72.4 Å². The molecule has 0 amide bonds. The summed E-state index contributed by atoms with van der Waals surface area (Å²) in [5, 5.41) is 0. The first-order chi connectivity index (χ1) is 10.8. The molecule has 1 aliphatic carbocycles. The lowest BCUT2D eigenvalue weighted by atomic mass is 9.89. The van der Waals surface area contributed by atoms with E-state index in [4.69, 9.17) is 4.74 Å². The molecule has 1 nitrogen and oxygen atoms in total. The van der Waals surface area contributed by atoms with Crippen LogP contribution < -0.4 is 4.74 Å². The lowest BCUT2D eigenvalue weighted by Gasteiger charge is -2.16. The summed E-state index contributed by atoms with van der Waals surface area (Å²) in [6.45, 7) is 3.86. The summed E-state index contributed by atoms with van der Waals surface area (Å²) in [5.41, 5.74) is 6.09. The van der Waals surface area contributed by atoms with Crippen LogP contribution in [0.4, 0.5) is 0 Å². The highest BCUT2D eigenvalue weighted by molar-refractivity contribution is 5.43. The van der Waals surface area contributed by atoms with Crippen molar-refractivity contribution in [1.82, 2.24) is 0 Å². The molecule has 0 spiro atoms. The first-order valence-corrected chi connectivity index (χ1v) is 8.16. The first kappa shape index (κ1) is 14.9. The van der Waals surface area contributed by atoms with E-state index in [0.29, 0.717) is 5.92 Å². The van der Waals surface area contributed by atoms with Crippen LogP contribution in [0.1, 0.15) is 41.0 Å². The van der Waals surface area contributed by atoms with Crippen LogP contribution in [-0.4, -0.2) is 7.11 Å². The highest BCUT2D eigenvalue weighted by atomic mass is 16.5. The molecular weight excluding hydrogens is 268 g/mol. The number of methoxy groups -OCH3 is 1. The van der Waals surface area contributed by atoms with Crippen molar-refractivity contribution in [2.24, 2.45) is 0 Å². The smallest absolute Gasteiger partial charge is 0.118 e. The van der Waals surface area contributed by atoms with Gasteiger partial charge in [-0.25, -0.2) is 0 Å². The van der Waals surface area contributed by atoms with Gasteiger partial charge in [-0.2, -0.15) is 0 Å². The van der Waals surface area contributed by atoms with Crippen molar-refractivity contribution in [2.45, 2.75) is 38.0 Å². The molecule has 22 heavy (non-hydrogen) atoms. The van der Waals surface area contributed by atoms with E-state index in [1.807, 2.05) is 6.08 Å². The van der Waals surface area contributed by atoms with Crippen LogP contribution in [0.2, 0.25) is 0 Å². The minimum atomic E-state index is 0.657. The summed E-state index contributed by atoms with van der Waals surface area (Å²) in [4.78, 5) is 0. The molecule has 3 rings (SSSR count). The summed E-state index contributed by atoms with van der Waals surface area (Å²) in [6, 6.07) is 15.3. The van der Waals surface area contributed by atoms with Gasteiger partial charge in [0.15, 0.2) is 0 Å². The highest BCUT2D eigenvalue weighted by Gasteiger charge is 2.24. The SMILES string of the molecule is C=CCCc1cccc2c1[C@@H](Cc1ccc(OC)cc1)CC2. The molecule has 0 unspecified atom stereocenters. The Labute approximate surface area is 133 Å². The fourth-order valence-electron chi connectivity index (χ4n) is 3.61. The summed E-state index contributed by atoms with van der Waals surface area (Å²) >= 11 is 0. The van der Waals surface area contributed by atoms with Crippen LogP contribution in [0.3, 0.4) is 0 Å². The van der Waals surface area contributed by atoms with Gasteiger partial charge < -0.3 is 4.74 Å². The summed E-state index contributed by atoms with van der Waals surface area (Å²) in [6.07, 6.45) is 7.82. The Bertz CT molecular complexity index is 639. The van der Waals surface area contributed by atoms with E-state index in [0.717, 1.165) is 25.0 Å². The first-order valence-electron chi connectivity index (χ1n) is 8.16. The maximum absolute atomic E-state index is 5.25. The van der Waals surface area contributed by atoms with Gasteiger partial charge in [0.25, 0.3) is 0 Å². The molecule has 0 radical (unpaired) electrons. The normalized spacial score (nSPS) is 16.3. The van der Waals surface area contributed by atoms with E-state index in [-0.39, 0.29) is 0 Å². The molecule has 2 aromatic carbocycles. The van der Waals surface area contributed by atoms with E-state index in [9.17, 15) is 0 Å². The van der Waals surface area contributed by atoms with Gasteiger partial charge in [0.1, 0.15) is 5.75 Å². The lowest BCUT2D eigenvalue weighted by Crippen LogP contribution is -2.03. The molecule has 2 aromatic rings. The van der Waals surface area contributed by atoms with E-state index in [1.165, 1.54) is 24.0 Å². The molecule has 0 bridgehead atoms. The molecular formula is C21H24O. The third-order valence-corrected chi connectivity index (χ3v) is 4.72. The molecule has 0 aromatic heterocycles. The Hall–Kier alpha value is -2.02. The molecule has 114 valence electrons. The van der Waals surface area contributed by atoms with Gasteiger partial charge in [-0.1, -0.05) is 36.4 Å². The zero-order valence-electron chi connectivity index (χ0n) is 13.3. The molecule has 1 aliphatic rings. The minimum Gasteiger partial charge on any atom is -0.497 e. The van der Waals surface area contributed by atoms with Crippen molar-refractivity contribution in [3.05, 3.63) is 77.4 Å². The van der Waals surface area contributed by atoms with E-state index in [1.54, 1.807) is 18.2 Å². The Morgan fingerprint density at radius 2 is 2.00 bits per heavy atom. The molecule has 0 aliphatic heterocycles. The standard InChI is InChI=1S/C21H24O/c1-3-4-6-17-7-5-8-18-11-12-19(21(17)18)15-16-9-13-20(22-2)14-10-16/h3,5,7-10,13-14,19H,1,4,6,11-12,15H2,2H3/t19-/m1/s1. The van der Waals surface area contributed by atoms with Crippen molar-refractivity contribution >= 4 is 0 Å². The predicted molar refractivity (Wildman–Crippen MR) is 92.7 cm³/mol. The number of fused-ring (bicyclic) bond motifs is 1. The number of rotatable bonds is 6. The Balaban J connectivity index is 1.81. The van der Waals surface area contributed by atoms with Gasteiger partial charge in [-0.15, -0.1) is 6.58 Å². The van der Waals surface area contributed by atoms with Crippen molar-refractivity contribution in [2.75, 3.05) is 7.11 Å². The van der Waals surface area contributed by atoms with E-state index >= 15 is 0 Å².